The number of hydrogen-bond donors (Lipinski definition) is 0. The summed E-state index contributed by atoms with van der Waals surface area (Å²) >= 11 is 0. The van der Waals surface area contributed by atoms with E-state index in [1.165, 1.54) is 25.7 Å². The lowest BCUT2D eigenvalue weighted by Crippen LogP contribution is -2.06. The van der Waals surface area contributed by atoms with E-state index < -0.39 is 0 Å². The molecule has 3 nitrogen and oxygen atoms in total. The van der Waals surface area contributed by atoms with E-state index in [0.29, 0.717) is 6.42 Å². The van der Waals surface area contributed by atoms with Gasteiger partial charge in [-0.1, -0.05) is 39.0 Å². The summed E-state index contributed by atoms with van der Waals surface area (Å²) in [5.41, 5.74) is 0. The van der Waals surface area contributed by atoms with Gasteiger partial charge in [-0.3, -0.25) is 10.1 Å². The molecular weight excluding hydrogens is 166 g/mol. The molecule has 0 saturated heterocycles. The predicted molar refractivity (Wildman–Crippen MR) is 54.1 cm³/mol. The summed E-state index contributed by atoms with van der Waals surface area (Å²) in [7, 11) is 0. The van der Waals surface area contributed by atoms with Gasteiger partial charge in [0.05, 0.1) is 0 Å². The molecule has 0 amide bonds. The second-order valence-electron chi connectivity index (χ2n) is 3.56. The molecule has 0 fully saturated rings. The molecule has 1 atom stereocenters. The van der Waals surface area contributed by atoms with Gasteiger partial charge in [0.15, 0.2) is 0 Å². The fourth-order valence-electron chi connectivity index (χ4n) is 1.29. The van der Waals surface area contributed by atoms with Crippen LogP contribution in [-0.2, 0) is 0 Å². The van der Waals surface area contributed by atoms with Crippen LogP contribution in [0.15, 0.2) is 0 Å². The first kappa shape index (κ1) is 12.4. The lowest BCUT2D eigenvalue weighted by molar-refractivity contribution is -0.481. The van der Waals surface area contributed by atoms with Crippen molar-refractivity contribution in [2.75, 3.05) is 6.54 Å². The molecule has 0 aromatic carbocycles. The van der Waals surface area contributed by atoms with Crippen molar-refractivity contribution in [2.45, 2.75) is 45.4 Å². The Morgan fingerprint density at radius 3 is 2.54 bits per heavy atom. The van der Waals surface area contributed by atoms with Crippen LogP contribution in [-0.4, -0.2) is 11.5 Å². The largest absolute Gasteiger partial charge is 0.265 e. The molecule has 0 aliphatic rings. The van der Waals surface area contributed by atoms with Crippen molar-refractivity contribution in [2.24, 2.45) is 5.92 Å². The van der Waals surface area contributed by atoms with Gasteiger partial charge < -0.3 is 0 Å². The second kappa shape index (κ2) is 8.02. The van der Waals surface area contributed by atoms with Crippen molar-refractivity contribution in [1.82, 2.24) is 0 Å². The topological polar surface area (TPSA) is 43.1 Å². The highest BCUT2D eigenvalue weighted by Crippen LogP contribution is 2.12. The van der Waals surface area contributed by atoms with Crippen LogP contribution in [0.25, 0.3) is 0 Å². The van der Waals surface area contributed by atoms with Crippen LogP contribution in [0.1, 0.15) is 45.4 Å². The van der Waals surface area contributed by atoms with Crippen LogP contribution in [0.3, 0.4) is 0 Å². The molecule has 0 bridgehead atoms. The van der Waals surface area contributed by atoms with Gasteiger partial charge >= 0.3 is 0 Å². The summed E-state index contributed by atoms with van der Waals surface area (Å²) in [4.78, 5) is 9.80. The van der Waals surface area contributed by atoms with E-state index >= 15 is 0 Å². The second-order valence-corrected chi connectivity index (χ2v) is 3.56. The number of nitrogens with zero attached hydrogens (tertiary/aromatic N) is 1. The number of hydrogen-bond acceptors (Lipinski definition) is 2. The van der Waals surface area contributed by atoms with E-state index in [4.69, 9.17) is 0 Å². The first-order chi connectivity index (χ1) is 6.16. The summed E-state index contributed by atoms with van der Waals surface area (Å²) in [5, 5.41) is 10.1. The smallest absolute Gasteiger partial charge is 0.204 e. The zero-order chi connectivity index (χ0) is 10.1. The fourth-order valence-corrected chi connectivity index (χ4v) is 1.29. The first-order valence-corrected chi connectivity index (χ1v) is 5.11. The van der Waals surface area contributed by atoms with Crippen LogP contribution in [0.2, 0.25) is 0 Å². The Kier molecular flexibility index (Phi) is 7.65. The molecule has 0 aromatic heterocycles. The van der Waals surface area contributed by atoms with Crippen molar-refractivity contribution in [3.8, 4) is 0 Å². The summed E-state index contributed by atoms with van der Waals surface area (Å²) < 4.78 is 0. The third-order valence-electron chi connectivity index (χ3n) is 2.19. The van der Waals surface area contributed by atoms with Gasteiger partial charge in [-0.15, -0.1) is 0 Å². The maximum absolute atomic E-state index is 10.1. The van der Waals surface area contributed by atoms with Gasteiger partial charge in [-0.05, 0) is 12.8 Å². The zero-order valence-electron chi connectivity index (χ0n) is 8.50. The lowest BCUT2D eigenvalue weighted by Gasteiger charge is -2.07. The monoisotopic (exact) mass is 186 g/mol. The Bertz CT molecular complexity index is 137. The summed E-state index contributed by atoms with van der Waals surface area (Å²) in [6.07, 6.45) is 6.56. The van der Waals surface area contributed by atoms with E-state index in [-0.39, 0.29) is 17.4 Å². The molecule has 0 heterocycles. The quantitative estimate of drug-likeness (QED) is 0.332. The van der Waals surface area contributed by atoms with Crippen molar-refractivity contribution >= 4 is 0 Å². The Morgan fingerprint density at radius 1 is 1.31 bits per heavy atom. The predicted octanol–water partition coefficient (Wildman–Crippen LogP) is 3.07. The van der Waals surface area contributed by atoms with Gasteiger partial charge in [0.25, 0.3) is 0 Å². The van der Waals surface area contributed by atoms with Crippen LogP contribution >= 0.6 is 0 Å². The third-order valence-corrected chi connectivity index (χ3v) is 2.19. The van der Waals surface area contributed by atoms with Crippen LogP contribution in [0.4, 0.5) is 0 Å². The molecule has 0 aliphatic carbocycles. The maximum Gasteiger partial charge on any atom is 0.204 e. The molecule has 0 spiro atoms. The molecule has 77 valence electrons. The highest BCUT2D eigenvalue weighted by Gasteiger charge is 2.05. The first-order valence-electron chi connectivity index (χ1n) is 5.11. The maximum atomic E-state index is 10.1. The molecular formula is C10H20NO2. The zero-order valence-corrected chi connectivity index (χ0v) is 8.50. The average Bonchev–Trinajstić information content (AvgIpc) is 2.09. The minimum atomic E-state index is -0.260. The highest BCUT2D eigenvalue weighted by molar-refractivity contribution is 4.60. The van der Waals surface area contributed by atoms with E-state index in [2.05, 4.69) is 13.8 Å². The molecule has 13 heavy (non-hydrogen) atoms. The Hall–Kier alpha value is -0.600. The molecule has 0 aromatic rings. The average molecular weight is 186 g/mol. The Balaban J connectivity index is 3.19. The van der Waals surface area contributed by atoms with Crippen molar-refractivity contribution in [1.29, 1.82) is 0 Å². The van der Waals surface area contributed by atoms with Crippen molar-refractivity contribution in [3.63, 3.8) is 0 Å². The minimum absolute atomic E-state index is 0.0714. The van der Waals surface area contributed by atoms with Crippen LogP contribution < -0.4 is 0 Å². The molecule has 0 rings (SSSR count). The number of nitro groups is 1. The van der Waals surface area contributed by atoms with Gasteiger partial charge in [0, 0.05) is 11.3 Å². The van der Waals surface area contributed by atoms with E-state index in [1.807, 2.05) is 0 Å². The van der Waals surface area contributed by atoms with Gasteiger partial charge in [0.1, 0.15) is 0 Å². The molecule has 1 unspecified atom stereocenters. The van der Waals surface area contributed by atoms with Crippen molar-refractivity contribution in [3.05, 3.63) is 17.0 Å². The minimum Gasteiger partial charge on any atom is -0.265 e. The van der Waals surface area contributed by atoms with Gasteiger partial charge in [-0.2, -0.15) is 0 Å². The van der Waals surface area contributed by atoms with E-state index in [1.54, 1.807) is 0 Å². The lowest BCUT2D eigenvalue weighted by atomic mass is 10.00. The third kappa shape index (κ3) is 9.31. The van der Waals surface area contributed by atoms with Crippen LogP contribution in [0.5, 0.6) is 0 Å². The molecule has 0 aliphatic heterocycles. The normalized spacial score (nSPS) is 12.8. The fraction of sp³-hybridized carbons (Fsp3) is 0.900. The number of unbranched alkanes of at least 4 members (excludes halogenated alkanes) is 3. The summed E-state index contributed by atoms with van der Waals surface area (Å²) in [6.45, 7) is 6.15. The summed E-state index contributed by atoms with van der Waals surface area (Å²) in [5.74, 6) is 0.266. The van der Waals surface area contributed by atoms with Gasteiger partial charge in [-0.25, -0.2) is 0 Å². The van der Waals surface area contributed by atoms with Crippen LogP contribution in [0, 0.1) is 23.0 Å². The van der Waals surface area contributed by atoms with Gasteiger partial charge in [0.2, 0.25) is 6.54 Å². The Morgan fingerprint density at radius 2 is 2.00 bits per heavy atom. The SMILES string of the molecule is [CH2]C(CCCCCC)CC[N+](=O)[O-]. The van der Waals surface area contributed by atoms with E-state index in [9.17, 15) is 10.1 Å². The summed E-state index contributed by atoms with van der Waals surface area (Å²) in [6, 6.07) is 0. The van der Waals surface area contributed by atoms with E-state index in [0.717, 1.165) is 6.42 Å². The molecule has 1 radical (unpaired) electrons. The highest BCUT2D eigenvalue weighted by atomic mass is 16.6. The number of rotatable bonds is 8. The standard InChI is InChI=1S/C10H20NO2/c1-3-4-5-6-7-10(2)8-9-11(12)13/h10H,2-9H2,1H3. The van der Waals surface area contributed by atoms with Crippen molar-refractivity contribution < 1.29 is 4.92 Å². The Labute approximate surface area is 80.7 Å². The molecule has 3 heteroatoms. The molecule has 0 N–H and O–H groups in total. The molecule has 0 saturated carbocycles.